The molecule has 1 aliphatic heterocycles. The molecular weight excluding hydrogens is 342 g/mol. The van der Waals surface area contributed by atoms with Gasteiger partial charge in [-0.2, -0.15) is 4.98 Å². The third kappa shape index (κ3) is 3.73. The van der Waals surface area contributed by atoms with E-state index in [-0.39, 0.29) is 0 Å². The lowest BCUT2D eigenvalue weighted by Gasteiger charge is -2.30. The molecule has 0 saturated carbocycles. The molecule has 27 heavy (non-hydrogen) atoms. The number of benzene rings is 1. The van der Waals surface area contributed by atoms with Crippen LogP contribution in [-0.4, -0.2) is 31.6 Å². The van der Waals surface area contributed by atoms with Crippen molar-refractivity contribution >= 4 is 5.82 Å². The van der Waals surface area contributed by atoms with Crippen LogP contribution >= 0.6 is 0 Å². The highest BCUT2D eigenvalue weighted by molar-refractivity contribution is 5.45. The summed E-state index contributed by atoms with van der Waals surface area (Å²) in [5, 5.41) is 9.74. The van der Waals surface area contributed by atoms with Gasteiger partial charge in [-0.1, -0.05) is 18.2 Å². The lowest BCUT2D eigenvalue weighted by atomic mass is 10.1. The molecule has 1 aliphatic rings. The third-order valence-corrected chi connectivity index (χ3v) is 4.45. The molecule has 2 aromatic heterocycles. The Kier molecular flexibility index (Phi) is 4.68. The number of aliphatic hydroxyl groups is 1. The molecule has 1 aromatic carbocycles. The number of hydrogen-bond acceptors (Lipinski definition) is 7. The maximum atomic E-state index is 9.74. The van der Waals surface area contributed by atoms with Crippen LogP contribution in [0.2, 0.25) is 0 Å². The van der Waals surface area contributed by atoms with Crippen molar-refractivity contribution in [2.75, 3.05) is 11.4 Å². The summed E-state index contributed by atoms with van der Waals surface area (Å²) in [5.74, 6) is 3.26. The predicted molar refractivity (Wildman–Crippen MR) is 101 cm³/mol. The molecule has 7 nitrogen and oxygen atoms in total. The highest BCUT2D eigenvalue weighted by atomic mass is 16.5. The number of anilines is 1. The number of para-hydroxylation sites is 1. The lowest BCUT2D eigenvalue weighted by Crippen LogP contribution is -2.32. The van der Waals surface area contributed by atoms with Gasteiger partial charge in [0.1, 0.15) is 23.5 Å². The first-order valence-electron chi connectivity index (χ1n) is 8.95. The van der Waals surface area contributed by atoms with Gasteiger partial charge in [0.05, 0.1) is 12.2 Å². The summed E-state index contributed by atoms with van der Waals surface area (Å²) in [4.78, 5) is 19.9. The molecule has 1 atom stereocenters. The van der Waals surface area contributed by atoms with E-state index >= 15 is 0 Å². The zero-order valence-electron chi connectivity index (χ0n) is 15.3. The Bertz CT molecular complexity index is 946. The summed E-state index contributed by atoms with van der Waals surface area (Å²) < 4.78 is 6.02. The number of aryl methyl sites for hydroxylation is 1. The molecule has 1 N–H and O–H groups in total. The Morgan fingerprint density at radius 2 is 1.93 bits per heavy atom. The van der Waals surface area contributed by atoms with Gasteiger partial charge in [-0.25, -0.2) is 15.0 Å². The second-order valence-corrected chi connectivity index (χ2v) is 6.54. The van der Waals surface area contributed by atoms with E-state index in [1.165, 1.54) is 0 Å². The Hall–Kier alpha value is -3.06. The minimum Gasteiger partial charge on any atom is -0.439 e. The van der Waals surface area contributed by atoms with E-state index in [1.807, 2.05) is 43.3 Å². The van der Waals surface area contributed by atoms with Crippen molar-refractivity contribution in [1.82, 2.24) is 19.9 Å². The zero-order valence-corrected chi connectivity index (χ0v) is 15.3. The number of fused-ring (bicyclic) bond motifs is 1. The van der Waals surface area contributed by atoms with Crippen molar-refractivity contribution in [3.8, 4) is 11.6 Å². The lowest BCUT2D eigenvalue weighted by molar-refractivity contribution is 0.189. The molecule has 1 unspecified atom stereocenters. The molecule has 0 bridgehead atoms. The van der Waals surface area contributed by atoms with Gasteiger partial charge in [0, 0.05) is 18.3 Å². The van der Waals surface area contributed by atoms with Crippen LogP contribution in [0.5, 0.6) is 11.6 Å². The van der Waals surface area contributed by atoms with Crippen LogP contribution in [0.25, 0.3) is 0 Å². The summed E-state index contributed by atoms with van der Waals surface area (Å²) in [6.07, 6.45) is 1.73. The van der Waals surface area contributed by atoms with Crippen molar-refractivity contribution in [3.05, 3.63) is 65.5 Å². The number of aliphatic hydroxyl groups excluding tert-OH is 1. The minimum absolute atomic E-state index is 0.422. The van der Waals surface area contributed by atoms with Crippen LogP contribution in [0, 0.1) is 6.92 Å². The average molecular weight is 363 g/mol. The van der Waals surface area contributed by atoms with E-state index in [9.17, 15) is 5.11 Å². The SMILES string of the molecule is Cc1nc2c(c(Oc3ccccc3)n1)CCN(c1ccnc(C(C)O)n1)C2. The van der Waals surface area contributed by atoms with E-state index in [0.717, 1.165) is 35.8 Å². The van der Waals surface area contributed by atoms with Gasteiger partial charge in [-0.05, 0) is 38.5 Å². The highest BCUT2D eigenvalue weighted by Crippen LogP contribution is 2.30. The van der Waals surface area contributed by atoms with Gasteiger partial charge in [0.15, 0.2) is 5.82 Å². The largest absolute Gasteiger partial charge is 0.439 e. The molecule has 0 aliphatic carbocycles. The van der Waals surface area contributed by atoms with Crippen LogP contribution in [0.15, 0.2) is 42.6 Å². The summed E-state index contributed by atoms with van der Waals surface area (Å²) in [5.41, 5.74) is 1.97. The topological polar surface area (TPSA) is 84.3 Å². The minimum atomic E-state index is -0.697. The standard InChI is InChI=1S/C20H21N5O2/c1-13(26)19-21-10-8-18(24-19)25-11-9-16-17(12-25)22-14(2)23-20(16)27-15-6-4-3-5-7-15/h3-8,10,13,26H,9,11-12H2,1-2H3. The molecule has 0 fully saturated rings. The summed E-state index contributed by atoms with van der Waals surface area (Å²) in [6.45, 7) is 4.91. The van der Waals surface area contributed by atoms with Crippen molar-refractivity contribution in [2.45, 2.75) is 32.9 Å². The van der Waals surface area contributed by atoms with Gasteiger partial charge in [-0.15, -0.1) is 0 Å². The molecule has 4 rings (SSSR count). The maximum Gasteiger partial charge on any atom is 0.226 e. The van der Waals surface area contributed by atoms with Crippen LogP contribution in [-0.2, 0) is 13.0 Å². The van der Waals surface area contributed by atoms with E-state index in [0.29, 0.717) is 24.1 Å². The van der Waals surface area contributed by atoms with Crippen LogP contribution in [0.3, 0.4) is 0 Å². The van der Waals surface area contributed by atoms with Gasteiger partial charge >= 0.3 is 0 Å². The number of hydrogen-bond donors (Lipinski definition) is 1. The zero-order chi connectivity index (χ0) is 18.8. The van der Waals surface area contributed by atoms with E-state index in [4.69, 9.17) is 4.74 Å². The second-order valence-electron chi connectivity index (χ2n) is 6.54. The Labute approximate surface area is 157 Å². The van der Waals surface area contributed by atoms with Crippen molar-refractivity contribution in [2.24, 2.45) is 0 Å². The molecule has 7 heteroatoms. The maximum absolute atomic E-state index is 9.74. The fourth-order valence-electron chi connectivity index (χ4n) is 3.14. The van der Waals surface area contributed by atoms with Gasteiger partial charge in [-0.3, -0.25) is 0 Å². The molecule has 3 heterocycles. The first-order chi connectivity index (χ1) is 13.1. The predicted octanol–water partition coefficient (Wildman–Crippen LogP) is 2.98. The first-order valence-corrected chi connectivity index (χ1v) is 8.95. The van der Waals surface area contributed by atoms with Crippen LogP contribution < -0.4 is 9.64 Å². The Morgan fingerprint density at radius 1 is 1.11 bits per heavy atom. The van der Waals surface area contributed by atoms with Gasteiger partial charge < -0.3 is 14.7 Å². The Morgan fingerprint density at radius 3 is 2.70 bits per heavy atom. The van der Waals surface area contributed by atoms with Crippen molar-refractivity contribution in [1.29, 1.82) is 0 Å². The number of ether oxygens (including phenoxy) is 1. The van der Waals surface area contributed by atoms with Crippen molar-refractivity contribution < 1.29 is 9.84 Å². The molecule has 0 radical (unpaired) electrons. The smallest absolute Gasteiger partial charge is 0.226 e. The fourth-order valence-corrected chi connectivity index (χ4v) is 3.14. The number of nitrogens with zero attached hydrogens (tertiary/aromatic N) is 5. The van der Waals surface area contributed by atoms with Crippen LogP contribution in [0.1, 0.15) is 35.9 Å². The molecule has 0 saturated heterocycles. The third-order valence-electron chi connectivity index (χ3n) is 4.45. The monoisotopic (exact) mass is 363 g/mol. The molecule has 3 aromatic rings. The van der Waals surface area contributed by atoms with E-state index in [1.54, 1.807) is 13.1 Å². The Balaban J connectivity index is 1.62. The molecular formula is C20H21N5O2. The first kappa shape index (κ1) is 17.4. The fraction of sp³-hybridized carbons (Fsp3) is 0.300. The quantitative estimate of drug-likeness (QED) is 0.763. The van der Waals surface area contributed by atoms with Crippen molar-refractivity contribution in [3.63, 3.8) is 0 Å². The molecule has 138 valence electrons. The average Bonchev–Trinajstić information content (AvgIpc) is 2.68. The molecule has 0 spiro atoms. The number of aromatic nitrogens is 4. The number of rotatable bonds is 4. The van der Waals surface area contributed by atoms with E-state index in [2.05, 4.69) is 24.8 Å². The normalized spacial score (nSPS) is 14.6. The van der Waals surface area contributed by atoms with Gasteiger partial charge in [0.2, 0.25) is 5.88 Å². The summed E-state index contributed by atoms with van der Waals surface area (Å²) >= 11 is 0. The summed E-state index contributed by atoms with van der Waals surface area (Å²) in [7, 11) is 0. The second kappa shape index (κ2) is 7.28. The van der Waals surface area contributed by atoms with Gasteiger partial charge in [0.25, 0.3) is 0 Å². The molecule has 0 amide bonds. The highest BCUT2D eigenvalue weighted by Gasteiger charge is 2.24. The van der Waals surface area contributed by atoms with E-state index < -0.39 is 6.10 Å². The van der Waals surface area contributed by atoms with Crippen LogP contribution in [0.4, 0.5) is 5.82 Å². The summed E-state index contributed by atoms with van der Waals surface area (Å²) in [6, 6.07) is 11.5.